The van der Waals surface area contributed by atoms with Gasteiger partial charge in [0.15, 0.2) is 0 Å². The van der Waals surface area contributed by atoms with Gasteiger partial charge in [-0.2, -0.15) is 0 Å². The van der Waals surface area contributed by atoms with Gasteiger partial charge in [-0.05, 0) is 59.5 Å². The molecule has 0 spiro atoms. The molecule has 0 saturated carbocycles. The van der Waals surface area contributed by atoms with Gasteiger partial charge in [0.25, 0.3) is 0 Å². The molecule has 3 N–H and O–H groups in total. The van der Waals surface area contributed by atoms with E-state index >= 15 is 0 Å². The number of phenols is 2. The van der Waals surface area contributed by atoms with Crippen molar-refractivity contribution in [1.82, 2.24) is 10.2 Å². The molecular formula is C15H26N2O2. The van der Waals surface area contributed by atoms with E-state index in [2.05, 4.69) is 31.1 Å². The summed E-state index contributed by atoms with van der Waals surface area (Å²) in [7, 11) is 2.11. The molecular weight excluding hydrogens is 240 g/mol. The first-order valence-corrected chi connectivity index (χ1v) is 6.88. The van der Waals surface area contributed by atoms with Crippen LogP contribution in [0, 0.1) is 0 Å². The highest BCUT2D eigenvalue weighted by atomic mass is 16.3. The molecule has 0 amide bonds. The zero-order chi connectivity index (χ0) is 14.4. The van der Waals surface area contributed by atoms with Crippen molar-refractivity contribution in [2.75, 3.05) is 20.1 Å². The van der Waals surface area contributed by atoms with Crippen LogP contribution < -0.4 is 5.32 Å². The van der Waals surface area contributed by atoms with Crippen LogP contribution in [0.1, 0.15) is 38.8 Å². The van der Waals surface area contributed by atoms with E-state index in [1.165, 1.54) is 0 Å². The van der Waals surface area contributed by atoms with Crippen LogP contribution in [0.2, 0.25) is 0 Å². The Balaban J connectivity index is 2.42. The van der Waals surface area contributed by atoms with E-state index in [4.69, 9.17) is 0 Å². The zero-order valence-corrected chi connectivity index (χ0v) is 12.3. The minimum absolute atomic E-state index is 0.0643. The molecule has 0 saturated heterocycles. The van der Waals surface area contributed by atoms with Crippen molar-refractivity contribution in [3.05, 3.63) is 23.8 Å². The summed E-state index contributed by atoms with van der Waals surface area (Å²) in [6, 6.07) is 5.32. The van der Waals surface area contributed by atoms with Crippen LogP contribution >= 0.6 is 0 Å². The molecule has 1 atom stereocenters. The van der Waals surface area contributed by atoms with Crippen LogP contribution in [0.25, 0.3) is 0 Å². The van der Waals surface area contributed by atoms with Crippen molar-refractivity contribution in [2.24, 2.45) is 0 Å². The Bertz CT molecular complexity index is 373. The molecule has 4 heteroatoms. The SMILES string of the molecule is CC(NCCCN(C)C(C)C)c1c(O)cccc1O. The molecule has 4 nitrogen and oxygen atoms in total. The molecule has 1 rings (SSSR count). The molecule has 0 aliphatic carbocycles. The van der Waals surface area contributed by atoms with Gasteiger partial charge in [-0.1, -0.05) is 6.07 Å². The van der Waals surface area contributed by atoms with Gasteiger partial charge in [-0.15, -0.1) is 0 Å². The number of nitrogens with zero attached hydrogens (tertiary/aromatic N) is 1. The van der Waals surface area contributed by atoms with E-state index in [9.17, 15) is 10.2 Å². The Morgan fingerprint density at radius 2 is 1.74 bits per heavy atom. The Labute approximate surface area is 116 Å². The van der Waals surface area contributed by atoms with Crippen molar-refractivity contribution >= 4 is 0 Å². The predicted molar refractivity (Wildman–Crippen MR) is 78.6 cm³/mol. The van der Waals surface area contributed by atoms with E-state index in [1.807, 2.05) is 6.92 Å². The molecule has 0 radical (unpaired) electrons. The van der Waals surface area contributed by atoms with E-state index < -0.39 is 0 Å². The third-order valence-corrected chi connectivity index (χ3v) is 3.51. The summed E-state index contributed by atoms with van der Waals surface area (Å²) >= 11 is 0. The Morgan fingerprint density at radius 1 is 1.16 bits per heavy atom. The predicted octanol–water partition coefficient (Wildman–Crippen LogP) is 2.48. The van der Waals surface area contributed by atoms with E-state index in [0.29, 0.717) is 11.6 Å². The molecule has 1 aromatic rings. The molecule has 0 fully saturated rings. The summed E-state index contributed by atoms with van der Waals surface area (Å²) in [5.74, 6) is 0.276. The number of benzene rings is 1. The molecule has 1 aromatic carbocycles. The van der Waals surface area contributed by atoms with Gasteiger partial charge in [0.2, 0.25) is 0 Å². The molecule has 19 heavy (non-hydrogen) atoms. The van der Waals surface area contributed by atoms with Gasteiger partial charge in [-0.25, -0.2) is 0 Å². The summed E-state index contributed by atoms with van der Waals surface area (Å²) in [5.41, 5.74) is 0.569. The van der Waals surface area contributed by atoms with Crippen LogP contribution in [-0.4, -0.2) is 41.3 Å². The fourth-order valence-electron chi connectivity index (χ4n) is 1.99. The van der Waals surface area contributed by atoms with E-state index in [0.717, 1.165) is 19.5 Å². The minimum Gasteiger partial charge on any atom is -0.507 e. The Hall–Kier alpha value is -1.26. The largest absolute Gasteiger partial charge is 0.507 e. The van der Waals surface area contributed by atoms with Crippen LogP contribution in [0.3, 0.4) is 0 Å². The highest BCUT2D eigenvalue weighted by molar-refractivity contribution is 5.44. The average Bonchev–Trinajstić information content (AvgIpc) is 2.34. The number of nitrogens with one attached hydrogen (secondary N) is 1. The van der Waals surface area contributed by atoms with Crippen molar-refractivity contribution in [3.8, 4) is 11.5 Å². The van der Waals surface area contributed by atoms with Crippen LogP contribution in [0.15, 0.2) is 18.2 Å². The molecule has 0 heterocycles. The zero-order valence-electron chi connectivity index (χ0n) is 12.3. The quantitative estimate of drug-likeness (QED) is 0.664. The van der Waals surface area contributed by atoms with Gasteiger partial charge >= 0.3 is 0 Å². The normalized spacial score (nSPS) is 13.2. The third-order valence-electron chi connectivity index (χ3n) is 3.51. The highest BCUT2D eigenvalue weighted by Gasteiger charge is 2.14. The van der Waals surface area contributed by atoms with Gasteiger partial charge in [0.1, 0.15) is 11.5 Å². The van der Waals surface area contributed by atoms with Crippen molar-refractivity contribution in [2.45, 2.75) is 39.3 Å². The van der Waals surface area contributed by atoms with Crippen molar-refractivity contribution in [1.29, 1.82) is 0 Å². The molecule has 0 aliphatic rings. The number of phenolic OH excluding ortho intramolecular Hbond substituents is 2. The summed E-state index contributed by atoms with van der Waals surface area (Å²) in [4.78, 5) is 2.30. The number of hydrogen-bond donors (Lipinski definition) is 3. The maximum Gasteiger partial charge on any atom is 0.124 e. The first kappa shape index (κ1) is 15.8. The molecule has 1 unspecified atom stereocenters. The molecule has 0 aliphatic heterocycles. The highest BCUT2D eigenvalue weighted by Crippen LogP contribution is 2.31. The second-order valence-electron chi connectivity index (χ2n) is 5.31. The fraction of sp³-hybridized carbons (Fsp3) is 0.600. The topological polar surface area (TPSA) is 55.7 Å². The number of rotatable bonds is 7. The maximum absolute atomic E-state index is 9.77. The van der Waals surface area contributed by atoms with Crippen molar-refractivity contribution in [3.63, 3.8) is 0 Å². The first-order chi connectivity index (χ1) is 8.93. The van der Waals surface area contributed by atoms with E-state index in [1.54, 1.807) is 18.2 Å². The van der Waals surface area contributed by atoms with Crippen LogP contribution in [0.4, 0.5) is 0 Å². The first-order valence-electron chi connectivity index (χ1n) is 6.88. The van der Waals surface area contributed by atoms with Gasteiger partial charge in [0, 0.05) is 12.1 Å². The summed E-state index contributed by atoms with van der Waals surface area (Å²) < 4.78 is 0. The maximum atomic E-state index is 9.77. The number of aromatic hydroxyl groups is 2. The molecule has 108 valence electrons. The van der Waals surface area contributed by atoms with Crippen molar-refractivity contribution < 1.29 is 10.2 Å². The van der Waals surface area contributed by atoms with Gasteiger partial charge in [-0.3, -0.25) is 0 Å². The smallest absolute Gasteiger partial charge is 0.124 e. The molecule has 0 bridgehead atoms. The van der Waals surface area contributed by atoms with Gasteiger partial charge < -0.3 is 20.4 Å². The minimum atomic E-state index is -0.0643. The Kier molecular flexibility index (Phi) is 6.12. The van der Waals surface area contributed by atoms with Crippen LogP contribution in [-0.2, 0) is 0 Å². The monoisotopic (exact) mass is 266 g/mol. The third kappa shape index (κ3) is 4.73. The Morgan fingerprint density at radius 3 is 2.26 bits per heavy atom. The lowest BCUT2D eigenvalue weighted by molar-refractivity contribution is 0.268. The summed E-state index contributed by atoms with van der Waals surface area (Å²) in [5, 5.41) is 22.9. The van der Waals surface area contributed by atoms with E-state index in [-0.39, 0.29) is 17.5 Å². The summed E-state index contributed by atoms with van der Waals surface area (Å²) in [6.45, 7) is 8.18. The number of hydrogen-bond acceptors (Lipinski definition) is 4. The average molecular weight is 266 g/mol. The van der Waals surface area contributed by atoms with Crippen LogP contribution in [0.5, 0.6) is 11.5 Å². The molecule has 0 aromatic heterocycles. The lowest BCUT2D eigenvalue weighted by Crippen LogP contribution is -2.30. The second kappa shape index (κ2) is 7.36. The van der Waals surface area contributed by atoms with Gasteiger partial charge in [0.05, 0.1) is 5.56 Å². The fourth-order valence-corrected chi connectivity index (χ4v) is 1.99. The standard InChI is InChI=1S/C15H26N2O2/c1-11(2)17(4)10-6-9-16-12(3)15-13(18)7-5-8-14(15)19/h5,7-8,11-12,16,18-19H,6,9-10H2,1-4H3. The lowest BCUT2D eigenvalue weighted by Gasteiger charge is -2.22. The lowest BCUT2D eigenvalue weighted by atomic mass is 10.1. The second-order valence-corrected chi connectivity index (χ2v) is 5.31. The summed E-state index contributed by atoms with van der Waals surface area (Å²) in [6.07, 6.45) is 1.04.